The Morgan fingerprint density at radius 2 is 1.71 bits per heavy atom. The molecule has 0 saturated carbocycles. The number of hydrogen-bond donors (Lipinski definition) is 1. The highest BCUT2D eigenvalue weighted by Gasteiger charge is 2.28. The van der Waals surface area contributed by atoms with Crippen LogP contribution in [-0.2, 0) is 27.7 Å². The molecule has 0 aromatic heterocycles. The van der Waals surface area contributed by atoms with E-state index in [1.54, 1.807) is 36.4 Å². The van der Waals surface area contributed by atoms with Gasteiger partial charge in [-0.15, -0.1) is 0 Å². The van der Waals surface area contributed by atoms with Crippen LogP contribution in [0.25, 0.3) is 0 Å². The largest absolute Gasteiger partial charge is 0.494 e. The zero-order valence-corrected chi connectivity index (χ0v) is 22.2. The molecule has 1 N–H and O–H groups in total. The zero-order valence-electron chi connectivity index (χ0n) is 19.8. The lowest BCUT2D eigenvalue weighted by Gasteiger charge is -2.25. The van der Waals surface area contributed by atoms with Crippen molar-refractivity contribution in [2.45, 2.75) is 44.0 Å². The summed E-state index contributed by atoms with van der Waals surface area (Å²) in [6.07, 6.45) is 3.31. The van der Waals surface area contributed by atoms with Gasteiger partial charge in [0.25, 0.3) is 10.0 Å². The molecule has 0 bridgehead atoms. The third kappa shape index (κ3) is 5.87. The van der Waals surface area contributed by atoms with Gasteiger partial charge in [0, 0.05) is 4.47 Å². The molecule has 4 rings (SSSR count). The number of carbonyl (C=O) groups is 1. The Labute approximate surface area is 215 Å². The minimum absolute atomic E-state index is 0.106. The minimum Gasteiger partial charge on any atom is -0.494 e. The van der Waals surface area contributed by atoms with Crippen LogP contribution in [0, 0.1) is 0 Å². The summed E-state index contributed by atoms with van der Waals surface area (Å²) in [4.78, 5) is 13.2. The molecule has 1 aliphatic rings. The van der Waals surface area contributed by atoms with Gasteiger partial charge in [-0.05, 0) is 98.3 Å². The molecule has 8 heteroatoms. The highest BCUT2D eigenvalue weighted by Crippen LogP contribution is 2.28. The predicted octanol–water partition coefficient (Wildman–Crippen LogP) is 5.41. The molecular weight excluding hydrogens is 528 g/mol. The summed E-state index contributed by atoms with van der Waals surface area (Å²) in [5.41, 5.74) is 4.10. The Hall–Kier alpha value is -2.84. The lowest BCUT2D eigenvalue weighted by Crippen LogP contribution is -2.41. The molecule has 1 amide bonds. The lowest BCUT2D eigenvalue weighted by atomic mass is 10.0. The molecule has 0 unspecified atom stereocenters. The second-order valence-corrected chi connectivity index (χ2v) is 11.3. The van der Waals surface area contributed by atoms with Gasteiger partial charge in [0.2, 0.25) is 5.91 Å². The van der Waals surface area contributed by atoms with E-state index in [2.05, 4.69) is 33.4 Å². The van der Waals surface area contributed by atoms with E-state index < -0.39 is 10.0 Å². The fourth-order valence-corrected chi connectivity index (χ4v) is 5.97. The van der Waals surface area contributed by atoms with E-state index >= 15 is 0 Å². The second kappa shape index (κ2) is 10.8. The van der Waals surface area contributed by atoms with Crippen LogP contribution in [0.5, 0.6) is 5.75 Å². The number of amides is 1. The Balaban J connectivity index is 1.58. The number of hydrogen-bond acceptors (Lipinski definition) is 4. The van der Waals surface area contributed by atoms with Crippen molar-refractivity contribution in [1.82, 2.24) is 5.32 Å². The number of ether oxygens (including phenoxy) is 1. The molecule has 3 aromatic carbocycles. The predicted molar refractivity (Wildman–Crippen MR) is 141 cm³/mol. The van der Waals surface area contributed by atoms with Gasteiger partial charge in [0.1, 0.15) is 12.3 Å². The number of aryl methyl sites for hydroxylation is 2. The number of anilines is 1. The van der Waals surface area contributed by atoms with E-state index in [1.807, 2.05) is 19.9 Å². The van der Waals surface area contributed by atoms with Gasteiger partial charge in [0.15, 0.2) is 0 Å². The van der Waals surface area contributed by atoms with Crippen LogP contribution in [0.3, 0.4) is 0 Å². The Morgan fingerprint density at radius 3 is 2.40 bits per heavy atom. The number of fused-ring (bicyclic) bond motifs is 1. The van der Waals surface area contributed by atoms with Crippen LogP contribution in [-0.4, -0.2) is 27.5 Å². The van der Waals surface area contributed by atoms with Gasteiger partial charge in [-0.25, -0.2) is 8.42 Å². The SMILES string of the molecule is CCOc1ccc(N(CC(=O)N[C@@H](C)c2ccc3c(c2)CCC3)S(=O)(=O)c2ccc(Br)cc2)cc1. The maximum absolute atomic E-state index is 13.6. The van der Waals surface area contributed by atoms with Gasteiger partial charge in [-0.2, -0.15) is 0 Å². The average Bonchev–Trinajstić information content (AvgIpc) is 3.31. The number of halogens is 1. The van der Waals surface area contributed by atoms with Crippen LogP contribution in [0.15, 0.2) is 76.1 Å². The van der Waals surface area contributed by atoms with Crippen molar-refractivity contribution >= 4 is 37.5 Å². The maximum atomic E-state index is 13.6. The Kier molecular flexibility index (Phi) is 7.82. The van der Waals surface area contributed by atoms with Crippen LogP contribution >= 0.6 is 15.9 Å². The van der Waals surface area contributed by atoms with Crippen LogP contribution in [0.1, 0.15) is 43.0 Å². The number of rotatable bonds is 9. The third-order valence-electron chi connectivity index (χ3n) is 6.12. The van der Waals surface area contributed by atoms with Crippen LogP contribution in [0.2, 0.25) is 0 Å². The Morgan fingerprint density at radius 1 is 1.03 bits per heavy atom. The average molecular weight is 558 g/mol. The lowest BCUT2D eigenvalue weighted by molar-refractivity contribution is -0.120. The third-order valence-corrected chi connectivity index (χ3v) is 8.44. The van der Waals surface area contributed by atoms with Crippen LogP contribution < -0.4 is 14.4 Å². The van der Waals surface area contributed by atoms with E-state index in [0.29, 0.717) is 18.0 Å². The second-order valence-electron chi connectivity index (χ2n) is 8.56. The first-order valence-electron chi connectivity index (χ1n) is 11.7. The molecule has 0 fully saturated rings. The molecule has 184 valence electrons. The number of benzene rings is 3. The number of nitrogens with one attached hydrogen (secondary N) is 1. The van der Waals surface area contributed by atoms with E-state index in [1.165, 1.54) is 23.3 Å². The molecule has 35 heavy (non-hydrogen) atoms. The first-order chi connectivity index (χ1) is 16.8. The molecule has 1 atom stereocenters. The fourth-order valence-electron chi connectivity index (χ4n) is 4.29. The summed E-state index contributed by atoms with van der Waals surface area (Å²) in [6, 6.07) is 19.2. The van der Waals surface area contributed by atoms with E-state index in [-0.39, 0.29) is 23.4 Å². The summed E-state index contributed by atoms with van der Waals surface area (Å²) in [5, 5.41) is 2.97. The van der Waals surface area contributed by atoms with Crippen molar-refractivity contribution in [3.63, 3.8) is 0 Å². The first-order valence-corrected chi connectivity index (χ1v) is 13.9. The highest BCUT2D eigenvalue weighted by atomic mass is 79.9. The monoisotopic (exact) mass is 556 g/mol. The molecule has 3 aromatic rings. The standard InChI is InChI=1S/C27H29BrN2O4S/c1-3-34-25-13-11-24(12-14-25)30(35(32,33)26-15-9-23(28)10-16-26)18-27(31)29-19(2)21-8-7-20-5-4-6-22(20)17-21/h7-17,19H,3-6,18H2,1-2H3,(H,29,31)/t19-/m0/s1. The van der Waals surface area contributed by atoms with Crippen LogP contribution in [0.4, 0.5) is 5.69 Å². The van der Waals surface area contributed by atoms with Crippen molar-refractivity contribution in [2.24, 2.45) is 0 Å². The topological polar surface area (TPSA) is 75.7 Å². The molecule has 1 aliphatic carbocycles. The molecule has 0 heterocycles. The number of nitrogens with zero attached hydrogens (tertiary/aromatic N) is 1. The maximum Gasteiger partial charge on any atom is 0.264 e. The number of carbonyl (C=O) groups excluding carboxylic acids is 1. The smallest absolute Gasteiger partial charge is 0.264 e. The summed E-state index contributed by atoms with van der Waals surface area (Å²) in [6.45, 7) is 3.95. The molecule has 0 aliphatic heterocycles. The summed E-state index contributed by atoms with van der Waals surface area (Å²) in [7, 11) is -3.99. The van der Waals surface area contributed by atoms with Gasteiger partial charge >= 0.3 is 0 Å². The van der Waals surface area contributed by atoms with Gasteiger partial charge in [0.05, 0.1) is 23.2 Å². The van der Waals surface area contributed by atoms with Crippen molar-refractivity contribution < 1.29 is 17.9 Å². The summed E-state index contributed by atoms with van der Waals surface area (Å²) >= 11 is 3.34. The number of sulfonamides is 1. The molecule has 0 spiro atoms. The zero-order chi connectivity index (χ0) is 25.0. The van der Waals surface area contributed by atoms with E-state index in [0.717, 1.165) is 33.6 Å². The first kappa shape index (κ1) is 25.3. The molecule has 0 radical (unpaired) electrons. The molecule has 6 nitrogen and oxygen atoms in total. The molecular formula is C27H29BrN2O4S. The van der Waals surface area contributed by atoms with Gasteiger partial charge < -0.3 is 10.1 Å². The normalized spacial score (nSPS) is 13.7. The fraction of sp³-hybridized carbons (Fsp3) is 0.296. The van der Waals surface area contributed by atoms with Gasteiger partial charge in [-0.3, -0.25) is 9.10 Å². The molecule has 0 saturated heterocycles. The van der Waals surface area contributed by atoms with E-state index in [9.17, 15) is 13.2 Å². The van der Waals surface area contributed by atoms with Crippen molar-refractivity contribution in [3.8, 4) is 5.75 Å². The summed E-state index contributed by atoms with van der Waals surface area (Å²) in [5.74, 6) is 0.250. The van der Waals surface area contributed by atoms with Crippen molar-refractivity contribution in [3.05, 3.63) is 87.9 Å². The van der Waals surface area contributed by atoms with E-state index in [4.69, 9.17) is 4.74 Å². The van der Waals surface area contributed by atoms with Crippen molar-refractivity contribution in [2.75, 3.05) is 17.5 Å². The Bertz CT molecular complexity index is 1290. The minimum atomic E-state index is -3.99. The van der Waals surface area contributed by atoms with Gasteiger partial charge in [-0.1, -0.05) is 34.1 Å². The highest BCUT2D eigenvalue weighted by molar-refractivity contribution is 9.10. The summed E-state index contributed by atoms with van der Waals surface area (Å²) < 4.78 is 34.5. The quantitative estimate of drug-likeness (QED) is 0.382. The van der Waals surface area contributed by atoms with Crippen molar-refractivity contribution in [1.29, 1.82) is 0 Å².